The number of ketones is 1. The van der Waals surface area contributed by atoms with Gasteiger partial charge in [0.1, 0.15) is 12.4 Å². The Morgan fingerprint density at radius 2 is 1.46 bits per heavy atom. The van der Waals surface area contributed by atoms with E-state index in [1.807, 2.05) is 61.5 Å². The molecule has 0 amide bonds. The quantitative estimate of drug-likeness (QED) is 0.112. The van der Waals surface area contributed by atoms with Gasteiger partial charge in [-0.25, -0.2) is 4.79 Å². The molecule has 0 aliphatic carbocycles. The minimum Gasteiger partial charge on any atom is -0.493 e. The molecule has 0 saturated heterocycles. The van der Waals surface area contributed by atoms with Crippen molar-refractivity contribution in [3.63, 3.8) is 0 Å². The van der Waals surface area contributed by atoms with Crippen molar-refractivity contribution in [2.75, 3.05) is 7.11 Å². The third kappa shape index (κ3) is 6.53. The van der Waals surface area contributed by atoms with E-state index in [9.17, 15) is 9.59 Å². The number of esters is 1. The monoisotopic (exact) mass is 492 g/mol. The fourth-order valence-corrected chi connectivity index (χ4v) is 3.80. The second-order valence-corrected chi connectivity index (χ2v) is 8.56. The van der Waals surface area contributed by atoms with Gasteiger partial charge < -0.3 is 14.2 Å². The van der Waals surface area contributed by atoms with Crippen molar-refractivity contribution >= 4 is 17.8 Å². The van der Waals surface area contributed by atoms with Gasteiger partial charge in [-0.1, -0.05) is 60.7 Å². The van der Waals surface area contributed by atoms with Gasteiger partial charge >= 0.3 is 5.97 Å². The van der Waals surface area contributed by atoms with Gasteiger partial charge in [-0.15, -0.1) is 0 Å². The molecule has 0 unspecified atom stereocenters. The van der Waals surface area contributed by atoms with Crippen LogP contribution in [0.2, 0.25) is 0 Å². The maximum absolute atomic E-state index is 12.7. The zero-order valence-electron chi connectivity index (χ0n) is 21.1. The van der Waals surface area contributed by atoms with Crippen LogP contribution in [0.5, 0.6) is 17.2 Å². The van der Waals surface area contributed by atoms with E-state index in [0.29, 0.717) is 40.5 Å². The maximum Gasteiger partial charge on any atom is 0.336 e. The zero-order chi connectivity index (χ0) is 26.2. The number of ether oxygens (including phenoxy) is 3. The van der Waals surface area contributed by atoms with Crippen LogP contribution >= 0.6 is 0 Å². The summed E-state index contributed by atoms with van der Waals surface area (Å²) in [5, 5.41) is 0. The lowest BCUT2D eigenvalue weighted by Gasteiger charge is -2.12. The number of hydrogen-bond donors (Lipinski definition) is 0. The molecule has 0 aliphatic heterocycles. The number of carbonyl (C=O) groups is 2. The molecular formula is C32H28O5. The first-order valence-corrected chi connectivity index (χ1v) is 11.9. The molecule has 0 atom stereocenters. The number of carbonyl (C=O) groups excluding carboxylic acids is 2. The number of hydrogen-bond acceptors (Lipinski definition) is 5. The summed E-state index contributed by atoms with van der Waals surface area (Å²) >= 11 is 0. The van der Waals surface area contributed by atoms with Crippen molar-refractivity contribution in [1.82, 2.24) is 0 Å². The molecule has 0 bridgehead atoms. The van der Waals surface area contributed by atoms with Gasteiger partial charge in [-0.2, -0.15) is 0 Å². The molecule has 0 aromatic heterocycles. The maximum atomic E-state index is 12.7. The van der Waals surface area contributed by atoms with E-state index in [1.54, 1.807) is 56.5 Å². The summed E-state index contributed by atoms with van der Waals surface area (Å²) in [7, 11) is 1.58. The summed E-state index contributed by atoms with van der Waals surface area (Å²) in [6.45, 7) is 4.28. The number of methoxy groups -OCH3 is 1. The lowest BCUT2D eigenvalue weighted by atomic mass is 10.0. The van der Waals surface area contributed by atoms with Crippen molar-refractivity contribution in [2.45, 2.75) is 20.5 Å². The van der Waals surface area contributed by atoms with Crippen LogP contribution < -0.4 is 14.2 Å². The molecule has 5 nitrogen and oxygen atoms in total. The molecule has 4 aromatic carbocycles. The summed E-state index contributed by atoms with van der Waals surface area (Å²) in [5.74, 6) is 0.979. The Kier molecular flexibility index (Phi) is 8.16. The van der Waals surface area contributed by atoms with Gasteiger partial charge in [0.05, 0.1) is 7.11 Å². The summed E-state index contributed by atoms with van der Waals surface area (Å²) in [6, 6.07) is 27.6. The highest BCUT2D eigenvalue weighted by atomic mass is 16.5. The molecular weight excluding hydrogens is 464 g/mol. The first kappa shape index (κ1) is 25.5. The highest BCUT2D eigenvalue weighted by Gasteiger charge is 2.12. The molecule has 4 aromatic rings. The third-order valence-electron chi connectivity index (χ3n) is 5.93. The van der Waals surface area contributed by atoms with E-state index >= 15 is 0 Å². The van der Waals surface area contributed by atoms with Crippen molar-refractivity contribution in [3.8, 4) is 17.2 Å². The summed E-state index contributed by atoms with van der Waals surface area (Å²) in [6.07, 6.45) is 3.00. The SMILES string of the molecule is COc1cc(/C=C/C(=O)Oc2ccc(C(=O)c3ccccc3)cc2C)ccc1OCc1ccccc1C. The van der Waals surface area contributed by atoms with Crippen LogP contribution in [0.25, 0.3) is 6.08 Å². The minimum absolute atomic E-state index is 0.0817. The molecule has 0 saturated carbocycles. The van der Waals surface area contributed by atoms with Gasteiger partial charge in [-0.3, -0.25) is 4.79 Å². The predicted octanol–water partition coefficient (Wildman–Crippen LogP) is 6.74. The predicted molar refractivity (Wildman–Crippen MR) is 144 cm³/mol. The van der Waals surface area contributed by atoms with Crippen LogP contribution in [0.1, 0.15) is 38.2 Å². The largest absolute Gasteiger partial charge is 0.493 e. The first-order chi connectivity index (χ1) is 17.9. The van der Waals surface area contributed by atoms with E-state index in [-0.39, 0.29) is 5.78 Å². The van der Waals surface area contributed by atoms with Crippen LogP contribution in [0.3, 0.4) is 0 Å². The Labute approximate surface area is 216 Å². The smallest absolute Gasteiger partial charge is 0.336 e. The Morgan fingerprint density at radius 1 is 0.730 bits per heavy atom. The summed E-state index contributed by atoms with van der Waals surface area (Å²) < 4.78 is 16.9. The average molecular weight is 493 g/mol. The Bertz CT molecular complexity index is 1440. The third-order valence-corrected chi connectivity index (χ3v) is 5.93. The van der Waals surface area contributed by atoms with E-state index in [0.717, 1.165) is 16.7 Å². The molecule has 4 rings (SSSR count). The van der Waals surface area contributed by atoms with Crippen molar-refractivity contribution in [1.29, 1.82) is 0 Å². The molecule has 0 fully saturated rings. The lowest BCUT2D eigenvalue weighted by Crippen LogP contribution is -2.06. The van der Waals surface area contributed by atoms with Crippen molar-refractivity contribution in [3.05, 3.63) is 130 Å². The van der Waals surface area contributed by atoms with Crippen LogP contribution in [-0.4, -0.2) is 18.9 Å². The number of benzene rings is 4. The van der Waals surface area contributed by atoms with E-state index < -0.39 is 5.97 Å². The number of aryl methyl sites for hydroxylation is 2. The van der Waals surface area contributed by atoms with Gasteiger partial charge in [-0.05, 0) is 72.5 Å². The highest BCUT2D eigenvalue weighted by Crippen LogP contribution is 2.30. The molecule has 0 spiro atoms. The molecule has 186 valence electrons. The van der Waals surface area contributed by atoms with Gasteiger partial charge in [0.15, 0.2) is 17.3 Å². The molecule has 0 radical (unpaired) electrons. The molecule has 0 heterocycles. The van der Waals surface area contributed by atoms with Crippen LogP contribution in [0.4, 0.5) is 0 Å². The highest BCUT2D eigenvalue weighted by molar-refractivity contribution is 6.09. The fourth-order valence-electron chi connectivity index (χ4n) is 3.80. The second kappa shape index (κ2) is 11.9. The lowest BCUT2D eigenvalue weighted by molar-refractivity contribution is -0.128. The van der Waals surface area contributed by atoms with Gasteiger partial charge in [0.25, 0.3) is 0 Å². The van der Waals surface area contributed by atoms with Crippen LogP contribution in [-0.2, 0) is 11.4 Å². The van der Waals surface area contributed by atoms with E-state index in [1.165, 1.54) is 6.08 Å². The fraction of sp³-hybridized carbons (Fsp3) is 0.125. The molecule has 5 heteroatoms. The minimum atomic E-state index is -0.524. The standard InChI is InChI=1S/C32H28O5/c1-22-9-7-8-12-27(22)21-36-29-16-13-24(20-30(29)35-3)14-18-31(33)37-28-17-15-26(19-23(28)2)32(34)25-10-5-4-6-11-25/h4-20H,21H2,1-3H3/b18-14+. The molecule has 0 N–H and O–H groups in total. The Morgan fingerprint density at radius 3 is 2.19 bits per heavy atom. The van der Waals surface area contributed by atoms with Crippen LogP contribution in [0, 0.1) is 13.8 Å². The van der Waals surface area contributed by atoms with E-state index in [2.05, 4.69) is 0 Å². The summed E-state index contributed by atoms with van der Waals surface area (Å²) in [5.41, 5.74) is 4.86. The zero-order valence-corrected chi connectivity index (χ0v) is 21.1. The van der Waals surface area contributed by atoms with Crippen molar-refractivity contribution < 1.29 is 23.8 Å². The molecule has 37 heavy (non-hydrogen) atoms. The van der Waals surface area contributed by atoms with E-state index in [4.69, 9.17) is 14.2 Å². The average Bonchev–Trinajstić information content (AvgIpc) is 2.93. The second-order valence-electron chi connectivity index (χ2n) is 8.56. The topological polar surface area (TPSA) is 61.8 Å². The number of rotatable bonds is 9. The van der Waals surface area contributed by atoms with Gasteiger partial charge in [0, 0.05) is 17.2 Å². The summed E-state index contributed by atoms with van der Waals surface area (Å²) in [4.78, 5) is 25.1. The van der Waals surface area contributed by atoms with Gasteiger partial charge in [0.2, 0.25) is 0 Å². The molecule has 0 aliphatic rings. The Balaban J connectivity index is 1.39. The van der Waals surface area contributed by atoms with Crippen molar-refractivity contribution in [2.24, 2.45) is 0 Å². The first-order valence-electron chi connectivity index (χ1n) is 11.9. The Hall–Kier alpha value is -4.64. The van der Waals surface area contributed by atoms with Crippen LogP contribution in [0.15, 0.2) is 97.1 Å². The normalized spacial score (nSPS) is 10.8.